The summed E-state index contributed by atoms with van der Waals surface area (Å²) in [6, 6.07) is 13.3. The average Bonchev–Trinajstić information content (AvgIpc) is 2.57. The Morgan fingerprint density at radius 1 is 1.04 bits per heavy atom. The third-order valence-corrected chi connectivity index (χ3v) is 3.33. The Morgan fingerprint density at radius 2 is 1.70 bits per heavy atom. The number of halogens is 1. The summed E-state index contributed by atoms with van der Waals surface area (Å²) in [7, 11) is 1.56. The number of anilines is 1. The Morgan fingerprint density at radius 3 is 2.35 bits per heavy atom. The largest absolute Gasteiger partial charge is 0.383 e. The van der Waals surface area contributed by atoms with Gasteiger partial charge in [-0.3, -0.25) is 9.59 Å². The van der Waals surface area contributed by atoms with Crippen LogP contribution in [0.3, 0.4) is 0 Å². The zero-order chi connectivity index (χ0) is 16.7. The number of carbonyl (C=O) groups is 2. The molecule has 0 unspecified atom stereocenters. The molecule has 0 radical (unpaired) electrons. The van der Waals surface area contributed by atoms with Crippen LogP contribution in [-0.2, 0) is 4.74 Å². The van der Waals surface area contributed by atoms with Crippen LogP contribution in [0.25, 0.3) is 0 Å². The summed E-state index contributed by atoms with van der Waals surface area (Å²) >= 11 is 5.81. The van der Waals surface area contributed by atoms with Gasteiger partial charge in [-0.05, 0) is 42.5 Å². The molecule has 0 aliphatic rings. The van der Waals surface area contributed by atoms with Gasteiger partial charge >= 0.3 is 0 Å². The molecule has 0 fully saturated rings. The molecule has 0 atom stereocenters. The zero-order valence-electron chi connectivity index (χ0n) is 12.6. The summed E-state index contributed by atoms with van der Waals surface area (Å²) in [5.41, 5.74) is 1.46. The summed E-state index contributed by atoms with van der Waals surface area (Å²) < 4.78 is 4.88. The van der Waals surface area contributed by atoms with E-state index in [1.54, 1.807) is 55.6 Å². The first-order chi connectivity index (χ1) is 11.1. The molecule has 0 heterocycles. The van der Waals surface area contributed by atoms with Crippen molar-refractivity contribution >= 4 is 29.1 Å². The number of carbonyl (C=O) groups excluding carboxylic acids is 2. The molecular formula is C17H17ClN2O3. The number of nitrogens with one attached hydrogen (secondary N) is 2. The zero-order valence-corrected chi connectivity index (χ0v) is 13.4. The predicted molar refractivity (Wildman–Crippen MR) is 90.1 cm³/mol. The minimum Gasteiger partial charge on any atom is -0.383 e. The first-order valence-corrected chi connectivity index (χ1v) is 7.42. The maximum absolute atomic E-state index is 12.2. The van der Waals surface area contributed by atoms with Gasteiger partial charge in [-0.25, -0.2) is 0 Å². The van der Waals surface area contributed by atoms with Gasteiger partial charge in [0.1, 0.15) is 0 Å². The van der Waals surface area contributed by atoms with Crippen molar-refractivity contribution in [2.45, 2.75) is 0 Å². The Hall–Kier alpha value is -2.37. The van der Waals surface area contributed by atoms with Gasteiger partial charge < -0.3 is 15.4 Å². The van der Waals surface area contributed by atoms with E-state index in [0.29, 0.717) is 35.0 Å². The lowest BCUT2D eigenvalue weighted by atomic mass is 10.1. The maximum Gasteiger partial charge on any atom is 0.255 e. The van der Waals surface area contributed by atoms with E-state index >= 15 is 0 Å². The van der Waals surface area contributed by atoms with Crippen LogP contribution in [0.5, 0.6) is 0 Å². The van der Waals surface area contributed by atoms with Crippen LogP contribution >= 0.6 is 11.6 Å². The van der Waals surface area contributed by atoms with Crippen molar-refractivity contribution < 1.29 is 14.3 Å². The first-order valence-electron chi connectivity index (χ1n) is 7.04. The predicted octanol–water partition coefficient (Wildman–Crippen LogP) is 2.97. The number of ether oxygens (including phenoxy) is 1. The van der Waals surface area contributed by atoms with Crippen LogP contribution in [0.2, 0.25) is 5.02 Å². The molecule has 0 aliphatic heterocycles. The van der Waals surface area contributed by atoms with E-state index in [2.05, 4.69) is 10.6 Å². The highest BCUT2D eigenvalue weighted by atomic mass is 35.5. The molecule has 0 aliphatic carbocycles. The number of rotatable bonds is 6. The van der Waals surface area contributed by atoms with Gasteiger partial charge in [0.25, 0.3) is 11.8 Å². The van der Waals surface area contributed by atoms with E-state index in [0.717, 1.165) is 0 Å². The molecule has 23 heavy (non-hydrogen) atoms. The number of amides is 2. The SMILES string of the molecule is COCCNC(=O)c1cccc(C(=O)Nc2ccc(Cl)cc2)c1. The second kappa shape index (κ2) is 8.31. The van der Waals surface area contributed by atoms with Crippen molar-refractivity contribution in [1.29, 1.82) is 0 Å². The molecule has 2 rings (SSSR count). The second-order valence-corrected chi connectivity index (χ2v) is 5.23. The fraction of sp³-hybridized carbons (Fsp3) is 0.176. The minimum absolute atomic E-state index is 0.247. The lowest BCUT2D eigenvalue weighted by Gasteiger charge is -2.08. The van der Waals surface area contributed by atoms with Crippen molar-refractivity contribution in [2.75, 3.05) is 25.6 Å². The molecule has 6 heteroatoms. The highest BCUT2D eigenvalue weighted by Crippen LogP contribution is 2.15. The normalized spacial score (nSPS) is 10.2. The lowest BCUT2D eigenvalue weighted by molar-refractivity contribution is 0.0937. The lowest BCUT2D eigenvalue weighted by Crippen LogP contribution is -2.27. The maximum atomic E-state index is 12.2. The first kappa shape index (κ1) is 17.0. The molecule has 2 aromatic rings. The highest BCUT2D eigenvalue weighted by Gasteiger charge is 2.10. The van der Waals surface area contributed by atoms with E-state index in [1.165, 1.54) is 0 Å². The van der Waals surface area contributed by atoms with Crippen LogP contribution in [-0.4, -0.2) is 32.1 Å². The molecule has 0 aromatic heterocycles. The number of hydrogen-bond acceptors (Lipinski definition) is 3. The Bertz CT molecular complexity index is 686. The summed E-state index contributed by atoms with van der Waals surface area (Å²) in [5.74, 6) is -0.540. The van der Waals surface area contributed by atoms with Gasteiger partial charge in [-0.1, -0.05) is 17.7 Å². The molecule has 2 aromatic carbocycles. The van der Waals surface area contributed by atoms with Crippen LogP contribution < -0.4 is 10.6 Å². The fourth-order valence-electron chi connectivity index (χ4n) is 1.91. The van der Waals surface area contributed by atoms with Crippen LogP contribution in [0, 0.1) is 0 Å². The highest BCUT2D eigenvalue weighted by molar-refractivity contribution is 6.30. The van der Waals surface area contributed by atoms with Gasteiger partial charge in [-0.15, -0.1) is 0 Å². The van der Waals surface area contributed by atoms with Crippen molar-refractivity contribution in [3.05, 3.63) is 64.7 Å². The van der Waals surface area contributed by atoms with Crippen LogP contribution in [0.4, 0.5) is 5.69 Å². The molecule has 2 N–H and O–H groups in total. The van der Waals surface area contributed by atoms with Crippen molar-refractivity contribution in [3.63, 3.8) is 0 Å². The quantitative estimate of drug-likeness (QED) is 0.799. The Labute approximate surface area is 139 Å². The van der Waals surface area contributed by atoms with Gasteiger partial charge in [-0.2, -0.15) is 0 Å². The molecule has 0 bridgehead atoms. The molecule has 2 amide bonds. The van der Waals surface area contributed by atoms with E-state index in [-0.39, 0.29) is 11.8 Å². The number of methoxy groups -OCH3 is 1. The van der Waals surface area contributed by atoms with Crippen LogP contribution in [0.1, 0.15) is 20.7 Å². The molecule has 0 saturated heterocycles. The van der Waals surface area contributed by atoms with Crippen molar-refractivity contribution in [1.82, 2.24) is 5.32 Å². The third-order valence-electron chi connectivity index (χ3n) is 3.08. The van der Waals surface area contributed by atoms with Gasteiger partial charge in [0.15, 0.2) is 0 Å². The molecule has 5 nitrogen and oxygen atoms in total. The third kappa shape index (κ3) is 5.09. The van der Waals surface area contributed by atoms with E-state index in [9.17, 15) is 9.59 Å². The minimum atomic E-state index is -0.293. The van der Waals surface area contributed by atoms with Crippen LogP contribution in [0.15, 0.2) is 48.5 Å². The van der Waals surface area contributed by atoms with Crippen molar-refractivity contribution in [3.8, 4) is 0 Å². The molecule has 120 valence electrons. The summed E-state index contributed by atoms with van der Waals surface area (Å²) in [6.07, 6.45) is 0. The molecule has 0 spiro atoms. The number of benzene rings is 2. The van der Waals surface area contributed by atoms with Gasteiger partial charge in [0.05, 0.1) is 6.61 Å². The van der Waals surface area contributed by atoms with Gasteiger partial charge in [0, 0.05) is 35.5 Å². The van der Waals surface area contributed by atoms with E-state index in [4.69, 9.17) is 16.3 Å². The Kier molecular flexibility index (Phi) is 6.14. The standard InChI is InChI=1S/C17H17ClN2O3/c1-23-10-9-19-16(21)12-3-2-4-13(11-12)17(22)20-15-7-5-14(18)6-8-15/h2-8,11H,9-10H2,1H3,(H,19,21)(H,20,22). The Balaban J connectivity index is 2.04. The molecular weight excluding hydrogens is 316 g/mol. The second-order valence-electron chi connectivity index (χ2n) is 4.79. The van der Waals surface area contributed by atoms with Gasteiger partial charge in [0.2, 0.25) is 0 Å². The fourth-order valence-corrected chi connectivity index (χ4v) is 2.03. The average molecular weight is 333 g/mol. The monoisotopic (exact) mass is 332 g/mol. The molecule has 0 saturated carbocycles. The van der Waals surface area contributed by atoms with E-state index in [1.807, 2.05) is 0 Å². The van der Waals surface area contributed by atoms with E-state index < -0.39 is 0 Å². The topological polar surface area (TPSA) is 67.4 Å². The summed E-state index contributed by atoms with van der Waals surface area (Å²) in [4.78, 5) is 24.2. The smallest absolute Gasteiger partial charge is 0.255 e. The summed E-state index contributed by atoms with van der Waals surface area (Å²) in [5, 5.41) is 6.06. The number of hydrogen-bond donors (Lipinski definition) is 2. The van der Waals surface area contributed by atoms with Crippen molar-refractivity contribution in [2.24, 2.45) is 0 Å². The summed E-state index contributed by atoms with van der Waals surface area (Å²) in [6.45, 7) is 0.846.